The Kier molecular flexibility index (Phi) is 3.96. The summed E-state index contributed by atoms with van der Waals surface area (Å²) >= 11 is 1.18. The molecule has 0 unspecified atom stereocenters. The number of carbonyl (C=O) groups is 1. The molecule has 3 rings (SSSR count). The van der Waals surface area contributed by atoms with Crippen molar-refractivity contribution in [1.82, 2.24) is 28.4 Å². The van der Waals surface area contributed by atoms with E-state index in [1.807, 2.05) is 25.1 Å². The van der Waals surface area contributed by atoms with E-state index in [2.05, 4.69) is 24.1 Å². The summed E-state index contributed by atoms with van der Waals surface area (Å²) < 4.78 is 10.0. The second kappa shape index (κ2) is 6.06. The second-order valence-electron chi connectivity index (χ2n) is 4.80. The molecule has 1 aromatic carbocycles. The standard InChI is InChI=1S/C13H15N7OS/c1-3-20-8-14-12(16-20)15-13(21)19(2)7-9-4-5-10-11(6-9)18-22-17-10/h4-6,8H,3,7H2,1-2H3,(H,15,16,21). The first-order valence-corrected chi connectivity index (χ1v) is 7.51. The van der Waals surface area contributed by atoms with Crippen LogP contribution < -0.4 is 5.32 Å². The van der Waals surface area contributed by atoms with Crippen LogP contribution in [-0.2, 0) is 13.1 Å². The largest absolute Gasteiger partial charge is 0.324 e. The highest BCUT2D eigenvalue weighted by Crippen LogP contribution is 2.15. The second-order valence-corrected chi connectivity index (χ2v) is 5.33. The number of nitrogens with zero attached hydrogens (tertiary/aromatic N) is 6. The van der Waals surface area contributed by atoms with Crippen molar-refractivity contribution < 1.29 is 4.79 Å². The van der Waals surface area contributed by atoms with Crippen molar-refractivity contribution in [3.63, 3.8) is 0 Å². The number of carbonyl (C=O) groups excluding carboxylic acids is 1. The van der Waals surface area contributed by atoms with Crippen molar-refractivity contribution >= 4 is 34.7 Å². The summed E-state index contributed by atoms with van der Waals surface area (Å²) in [5.74, 6) is 0.304. The molecule has 1 N–H and O–H groups in total. The maximum Gasteiger partial charge on any atom is 0.324 e. The molecule has 2 amide bonds. The number of benzene rings is 1. The van der Waals surface area contributed by atoms with Crippen LogP contribution in [0, 0.1) is 0 Å². The molecule has 22 heavy (non-hydrogen) atoms. The number of fused-ring (bicyclic) bond motifs is 1. The minimum absolute atomic E-state index is 0.259. The lowest BCUT2D eigenvalue weighted by atomic mass is 10.2. The third-order valence-corrected chi connectivity index (χ3v) is 3.72. The average Bonchev–Trinajstić information content (AvgIpc) is 3.15. The smallest absolute Gasteiger partial charge is 0.323 e. The summed E-state index contributed by atoms with van der Waals surface area (Å²) in [5, 5.41) is 6.79. The van der Waals surface area contributed by atoms with Gasteiger partial charge in [0.1, 0.15) is 17.4 Å². The summed E-state index contributed by atoms with van der Waals surface area (Å²) in [6.45, 7) is 3.13. The number of hydrogen-bond donors (Lipinski definition) is 1. The average molecular weight is 317 g/mol. The summed E-state index contributed by atoms with van der Waals surface area (Å²) in [6, 6.07) is 5.53. The van der Waals surface area contributed by atoms with Crippen molar-refractivity contribution in [2.75, 3.05) is 12.4 Å². The van der Waals surface area contributed by atoms with Crippen molar-refractivity contribution in [2.24, 2.45) is 0 Å². The first-order valence-electron chi connectivity index (χ1n) is 6.78. The lowest BCUT2D eigenvalue weighted by Gasteiger charge is -2.16. The highest BCUT2D eigenvalue weighted by molar-refractivity contribution is 7.00. The quantitative estimate of drug-likeness (QED) is 0.794. The molecule has 9 heteroatoms. The number of hydrogen-bond acceptors (Lipinski definition) is 6. The first-order chi connectivity index (χ1) is 10.7. The van der Waals surface area contributed by atoms with Gasteiger partial charge in [0.15, 0.2) is 0 Å². The van der Waals surface area contributed by atoms with E-state index in [4.69, 9.17) is 0 Å². The molecule has 0 aliphatic rings. The van der Waals surface area contributed by atoms with Gasteiger partial charge in [-0.2, -0.15) is 8.75 Å². The summed E-state index contributed by atoms with van der Waals surface area (Å²) in [5.41, 5.74) is 2.71. The van der Waals surface area contributed by atoms with Crippen LogP contribution in [0.3, 0.4) is 0 Å². The van der Waals surface area contributed by atoms with Gasteiger partial charge in [-0.15, -0.1) is 5.10 Å². The molecule has 3 aromatic rings. The zero-order valence-electron chi connectivity index (χ0n) is 12.2. The predicted molar refractivity (Wildman–Crippen MR) is 83.6 cm³/mol. The highest BCUT2D eigenvalue weighted by Gasteiger charge is 2.12. The third kappa shape index (κ3) is 3.03. The maximum absolute atomic E-state index is 12.1. The number of urea groups is 1. The van der Waals surface area contributed by atoms with Crippen LogP contribution >= 0.6 is 11.7 Å². The molecule has 8 nitrogen and oxygen atoms in total. The van der Waals surface area contributed by atoms with Crippen molar-refractivity contribution in [2.45, 2.75) is 20.0 Å². The van der Waals surface area contributed by atoms with E-state index in [1.54, 1.807) is 23.0 Å². The van der Waals surface area contributed by atoms with Gasteiger partial charge in [0.25, 0.3) is 0 Å². The highest BCUT2D eigenvalue weighted by atomic mass is 32.1. The van der Waals surface area contributed by atoms with Crippen LogP contribution in [0.5, 0.6) is 0 Å². The zero-order valence-corrected chi connectivity index (χ0v) is 13.0. The molecule has 0 spiro atoms. The number of amides is 2. The zero-order chi connectivity index (χ0) is 15.5. The minimum atomic E-state index is -0.259. The summed E-state index contributed by atoms with van der Waals surface area (Å²) in [7, 11) is 1.72. The number of anilines is 1. The molecule has 114 valence electrons. The number of nitrogens with one attached hydrogen (secondary N) is 1. The predicted octanol–water partition coefficient (Wildman–Crippen LogP) is 1.97. The van der Waals surface area contributed by atoms with E-state index in [9.17, 15) is 4.79 Å². The van der Waals surface area contributed by atoms with Gasteiger partial charge in [0, 0.05) is 20.1 Å². The van der Waals surface area contributed by atoms with Gasteiger partial charge in [-0.05, 0) is 24.6 Å². The summed E-state index contributed by atoms with van der Waals surface area (Å²) in [4.78, 5) is 17.7. The Morgan fingerprint density at radius 2 is 2.18 bits per heavy atom. The minimum Gasteiger partial charge on any atom is -0.323 e. The van der Waals surface area contributed by atoms with E-state index >= 15 is 0 Å². The molecule has 0 saturated heterocycles. The Hall–Kier alpha value is -2.55. The van der Waals surface area contributed by atoms with Gasteiger partial charge in [-0.25, -0.2) is 9.78 Å². The van der Waals surface area contributed by atoms with E-state index in [-0.39, 0.29) is 6.03 Å². The van der Waals surface area contributed by atoms with Crippen LogP contribution in [0.2, 0.25) is 0 Å². The number of aromatic nitrogens is 5. The van der Waals surface area contributed by atoms with Crippen LogP contribution in [0.15, 0.2) is 24.5 Å². The Labute approximate surface area is 131 Å². The third-order valence-electron chi connectivity index (χ3n) is 3.16. The summed E-state index contributed by atoms with van der Waals surface area (Å²) in [6.07, 6.45) is 1.58. The lowest BCUT2D eigenvalue weighted by molar-refractivity contribution is 0.220. The Bertz CT molecular complexity index is 796. The van der Waals surface area contributed by atoms with Crippen LogP contribution in [0.1, 0.15) is 12.5 Å². The van der Waals surface area contributed by atoms with E-state index in [0.29, 0.717) is 19.0 Å². The number of rotatable bonds is 4. The fourth-order valence-corrected chi connectivity index (χ4v) is 2.48. The van der Waals surface area contributed by atoms with E-state index < -0.39 is 0 Å². The molecule has 0 saturated carbocycles. The molecule has 0 atom stereocenters. The van der Waals surface area contributed by atoms with Gasteiger partial charge in [-0.1, -0.05) is 6.07 Å². The maximum atomic E-state index is 12.1. The van der Waals surface area contributed by atoms with Gasteiger partial charge in [0.05, 0.1) is 11.7 Å². The van der Waals surface area contributed by atoms with Gasteiger partial charge >= 0.3 is 6.03 Å². The fraction of sp³-hybridized carbons (Fsp3) is 0.308. The topological polar surface area (TPSA) is 88.8 Å². The molecule has 0 fully saturated rings. The van der Waals surface area contributed by atoms with Crippen LogP contribution in [0.25, 0.3) is 11.0 Å². The molecule has 0 aliphatic heterocycles. The molecular weight excluding hydrogens is 302 g/mol. The van der Waals surface area contributed by atoms with Gasteiger partial charge < -0.3 is 4.90 Å². The Morgan fingerprint density at radius 1 is 1.36 bits per heavy atom. The van der Waals surface area contributed by atoms with Crippen LogP contribution in [0.4, 0.5) is 10.7 Å². The molecule has 2 heterocycles. The van der Waals surface area contributed by atoms with Crippen molar-refractivity contribution in [3.05, 3.63) is 30.1 Å². The Morgan fingerprint density at radius 3 is 2.95 bits per heavy atom. The number of aryl methyl sites for hydroxylation is 1. The molecule has 2 aromatic heterocycles. The molecule has 0 radical (unpaired) electrons. The Balaban J connectivity index is 1.64. The van der Waals surface area contributed by atoms with Crippen molar-refractivity contribution in [1.29, 1.82) is 0 Å². The first kappa shape index (κ1) is 14.4. The van der Waals surface area contributed by atoms with Gasteiger partial charge in [-0.3, -0.25) is 10.00 Å². The molecule has 0 bridgehead atoms. The van der Waals surface area contributed by atoms with Crippen molar-refractivity contribution in [3.8, 4) is 0 Å². The normalized spacial score (nSPS) is 10.8. The van der Waals surface area contributed by atoms with E-state index in [1.165, 1.54) is 11.7 Å². The molecule has 0 aliphatic carbocycles. The molecular formula is C13H15N7OS. The lowest BCUT2D eigenvalue weighted by Crippen LogP contribution is -2.31. The SMILES string of the molecule is CCn1cnc(NC(=O)N(C)Cc2ccc3nsnc3c2)n1. The fourth-order valence-electron chi connectivity index (χ4n) is 1.97. The van der Waals surface area contributed by atoms with Gasteiger partial charge in [0.2, 0.25) is 5.95 Å². The van der Waals surface area contributed by atoms with E-state index in [0.717, 1.165) is 16.6 Å². The van der Waals surface area contributed by atoms with Crippen LogP contribution in [-0.4, -0.2) is 41.5 Å². The monoisotopic (exact) mass is 317 g/mol.